The third-order valence-electron chi connectivity index (χ3n) is 3.32. The smallest absolute Gasteiger partial charge is 0.311 e. The average molecular weight is 245 g/mol. The molecule has 0 bridgehead atoms. The first-order chi connectivity index (χ1) is 7.50. The van der Waals surface area contributed by atoms with Gasteiger partial charge in [-0.3, -0.25) is 9.59 Å². The van der Waals surface area contributed by atoms with E-state index in [1.807, 2.05) is 6.26 Å². The van der Waals surface area contributed by atoms with Gasteiger partial charge in [-0.25, -0.2) is 0 Å². The molecule has 2 unspecified atom stereocenters. The van der Waals surface area contributed by atoms with Crippen LogP contribution in [0.4, 0.5) is 0 Å². The van der Waals surface area contributed by atoms with E-state index in [0.29, 0.717) is 12.8 Å². The highest BCUT2D eigenvalue weighted by atomic mass is 32.2. The number of carbonyl (C=O) groups is 2. The van der Waals surface area contributed by atoms with E-state index < -0.39 is 11.4 Å². The maximum atomic E-state index is 11.6. The van der Waals surface area contributed by atoms with E-state index in [2.05, 4.69) is 5.32 Å². The van der Waals surface area contributed by atoms with Gasteiger partial charge in [-0.2, -0.15) is 11.8 Å². The van der Waals surface area contributed by atoms with E-state index in [4.69, 9.17) is 0 Å². The third-order valence-corrected chi connectivity index (χ3v) is 3.93. The second kappa shape index (κ2) is 5.57. The van der Waals surface area contributed by atoms with Crippen LogP contribution in [-0.4, -0.2) is 35.0 Å². The van der Waals surface area contributed by atoms with Crippen LogP contribution in [0.5, 0.6) is 0 Å². The number of carbonyl (C=O) groups excluding carboxylic acids is 1. The number of carboxylic acid groups (broad SMARTS) is 1. The summed E-state index contributed by atoms with van der Waals surface area (Å²) >= 11 is 1.62. The molecule has 1 fully saturated rings. The molecule has 2 atom stereocenters. The summed E-state index contributed by atoms with van der Waals surface area (Å²) in [5.41, 5.74) is -0.783. The average Bonchev–Trinajstić information content (AvgIpc) is 2.59. The van der Waals surface area contributed by atoms with Crippen molar-refractivity contribution >= 4 is 23.6 Å². The molecule has 1 aliphatic carbocycles. The zero-order chi connectivity index (χ0) is 12.2. The van der Waals surface area contributed by atoms with Crippen molar-refractivity contribution in [2.24, 2.45) is 5.41 Å². The molecule has 0 heterocycles. The van der Waals surface area contributed by atoms with Crippen molar-refractivity contribution in [1.29, 1.82) is 0 Å². The number of hydrogen-bond donors (Lipinski definition) is 2. The van der Waals surface area contributed by atoms with Crippen LogP contribution in [0.1, 0.15) is 32.6 Å². The van der Waals surface area contributed by atoms with Gasteiger partial charge in [0, 0.05) is 18.2 Å². The Morgan fingerprint density at radius 3 is 2.81 bits per heavy atom. The minimum atomic E-state index is -0.805. The minimum absolute atomic E-state index is 0.0336. The highest BCUT2D eigenvalue weighted by molar-refractivity contribution is 7.98. The SMILES string of the molecule is CSCCC(=O)NC1CCCC1(C)C(=O)O. The molecule has 0 spiro atoms. The van der Waals surface area contributed by atoms with Gasteiger partial charge in [0.15, 0.2) is 0 Å². The quantitative estimate of drug-likeness (QED) is 0.770. The van der Waals surface area contributed by atoms with Gasteiger partial charge in [0.1, 0.15) is 0 Å². The summed E-state index contributed by atoms with van der Waals surface area (Å²) in [4.78, 5) is 22.7. The zero-order valence-electron chi connectivity index (χ0n) is 9.78. The van der Waals surface area contributed by atoms with Gasteiger partial charge in [0.05, 0.1) is 5.41 Å². The largest absolute Gasteiger partial charge is 0.481 e. The standard InChI is InChI=1S/C11H19NO3S/c1-11(10(14)15)6-3-4-8(11)12-9(13)5-7-16-2/h8H,3-7H2,1-2H3,(H,12,13)(H,14,15). The fourth-order valence-corrected chi connectivity index (χ4v) is 2.50. The molecule has 1 saturated carbocycles. The van der Waals surface area contributed by atoms with E-state index in [-0.39, 0.29) is 11.9 Å². The van der Waals surface area contributed by atoms with Crippen LogP contribution in [0.2, 0.25) is 0 Å². The fourth-order valence-electron chi connectivity index (χ4n) is 2.11. The predicted octanol–water partition coefficient (Wildman–Crippen LogP) is 1.50. The third kappa shape index (κ3) is 2.90. The maximum absolute atomic E-state index is 11.6. The monoisotopic (exact) mass is 245 g/mol. The van der Waals surface area contributed by atoms with Crippen molar-refractivity contribution in [2.75, 3.05) is 12.0 Å². The Hall–Kier alpha value is -0.710. The Kier molecular flexibility index (Phi) is 4.65. The van der Waals surface area contributed by atoms with Crippen LogP contribution in [0.15, 0.2) is 0 Å². The zero-order valence-corrected chi connectivity index (χ0v) is 10.6. The summed E-state index contributed by atoms with van der Waals surface area (Å²) in [6, 6.07) is -0.209. The number of rotatable bonds is 5. The molecule has 0 aromatic carbocycles. The van der Waals surface area contributed by atoms with Gasteiger partial charge < -0.3 is 10.4 Å². The topological polar surface area (TPSA) is 66.4 Å². The molecule has 4 nitrogen and oxygen atoms in total. The molecule has 2 N–H and O–H groups in total. The minimum Gasteiger partial charge on any atom is -0.481 e. The Balaban J connectivity index is 2.53. The van der Waals surface area contributed by atoms with Gasteiger partial charge in [0.2, 0.25) is 5.91 Å². The van der Waals surface area contributed by atoms with E-state index in [0.717, 1.165) is 18.6 Å². The summed E-state index contributed by atoms with van der Waals surface area (Å²) in [5.74, 6) is -0.0589. The number of nitrogens with one attached hydrogen (secondary N) is 1. The molecular formula is C11H19NO3S. The number of thioether (sulfide) groups is 1. The molecule has 16 heavy (non-hydrogen) atoms. The molecule has 0 aromatic heterocycles. The molecule has 92 valence electrons. The molecule has 1 amide bonds. The summed E-state index contributed by atoms with van der Waals surface area (Å²) < 4.78 is 0. The van der Waals surface area contributed by atoms with Gasteiger partial charge in [0.25, 0.3) is 0 Å². The van der Waals surface area contributed by atoms with Gasteiger partial charge in [-0.05, 0) is 26.0 Å². The predicted molar refractivity (Wildman–Crippen MR) is 64.5 cm³/mol. The first-order valence-electron chi connectivity index (χ1n) is 5.52. The highest BCUT2D eigenvalue weighted by Crippen LogP contribution is 2.38. The summed E-state index contributed by atoms with van der Waals surface area (Å²) in [7, 11) is 0. The lowest BCUT2D eigenvalue weighted by Crippen LogP contribution is -2.47. The molecule has 1 rings (SSSR count). The Morgan fingerprint density at radius 2 is 2.25 bits per heavy atom. The summed E-state index contributed by atoms with van der Waals surface area (Å²) in [5, 5.41) is 12.0. The van der Waals surface area contributed by atoms with E-state index in [9.17, 15) is 14.7 Å². The Morgan fingerprint density at radius 1 is 1.56 bits per heavy atom. The van der Waals surface area contributed by atoms with Crippen LogP contribution in [-0.2, 0) is 9.59 Å². The van der Waals surface area contributed by atoms with Crippen LogP contribution in [0.3, 0.4) is 0 Å². The molecular weight excluding hydrogens is 226 g/mol. The summed E-state index contributed by atoms with van der Waals surface area (Å²) in [6.07, 6.45) is 4.71. The highest BCUT2D eigenvalue weighted by Gasteiger charge is 2.45. The normalized spacial score (nSPS) is 29.0. The van der Waals surface area contributed by atoms with E-state index in [1.165, 1.54) is 0 Å². The van der Waals surface area contributed by atoms with E-state index in [1.54, 1.807) is 18.7 Å². The number of amides is 1. The van der Waals surface area contributed by atoms with Crippen molar-refractivity contribution in [3.8, 4) is 0 Å². The van der Waals surface area contributed by atoms with Crippen molar-refractivity contribution in [3.05, 3.63) is 0 Å². The van der Waals surface area contributed by atoms with Crippen LogP contribution in [0, 0.1) is 5.41 Å². The lowest BCUT2D eigenvalue weighted by molar-refractivity contribution is -0.149. The molecule has 0 aromatic rings. The Bertz CT molecular complexity index is 282. The van der Waals surface area contributed by atoms with Gasteiger partial charge in [-0.15, -0.1) is 0 Å². The molecule has 5 heteroatoms. The van der Waals surface area contributed by atoms with Crippen LogP contribution < -0.4 is 5.32 Å². The summed E-state index contributed by atoms with van der Waals surface area (Å²) in [6.45, 7) is 1.72. The number of aliphatic carboxylic acids is 1. The maximum Gasteiger partial charge on any atom is 0.311 e. The first kappa shape index (κ1) is 13.4. The van der Waals surface area contributed by atoms with Crippen LogP contribution in [0.25, 0.3) is 0 Å². The second-order valence-corrected chi connectivity index (χ2v) is 5.46. The lowest BCUT2D eigenvalue weighted by Gasteiger charge is -2.27. The number of hydrogen-bond acceptors (Lipinski definition) is 3. The molecule has 0 aliphatic heterocycles. The first-order valence-corrected chi connectivity index (χ1v) is 6.92. The van der Waals surface area contributed by atoms with Crippen molar-refractivity contribution in [3.63, 3.8) is 0 Å². The molecule has 0 radical (unpaired) electrons. The molecule has 1 aliphatic rings. The second-order valence-electron chi connectivity index (χ2n) is 4.48. The molecule has 0 saturated heterocycles. The number of carboxylic acids is 1. The van der Waals surface area contributed by atoms with E-state index >= 15 is 0 Å². The van der Waals surface area contributed by atoms with Crippen molar-refractivity contribution in [2.45, 2.75) is 38.6 Å². The Labute approximate surface area is 100 Å². The lowest BCUT2D eigenvalue weighted by atomic mass is 9.85. The van der Waals surface area contributed by atoms with Crippen molar-refractivity contribution in [1.82, 2.24) is 5.32 Å². The van der Waals surface area contributed by atoms with Gasteiger partial charge in [-0.1, -0.05) is 6.42 Å². The fraction of sp³-hybridized carbons (Fsp3) is 0.818. The van der Waals surface area contributed by atoms with Crippen LogP contribution >= 0.6 is 11.8 Å². The van der Waals surface area contributed by atoms with Gasteiger partial charge >= 0.3 is 5.97 Å². The van der Waals surface area contributed by atoms with Crippen molar-refractivity contribution < 1.29 is 14.7 Å².